The topological polar surface area (TPSA) is 0 Å². The highest BCUT2D eigenvalue weighted by Gasteiger charge is 1.95. The van der Waals surface area contributed by atoms with Crippen LogP contribution in [-0.2, 0) is 0 Å². The monoisotopic (exact) mass is 162 g/mol. The molecule has 2 heteroatoms. The van der Waals surface area contributed by atoms with Crippen molar-refractivity contribution in [3.63, 3.8) is 0 Å². The van der Waals surface area contributed by atoms with E-state index in [1.807, 2.05) is 23.9 Å². The van der Waals surface area contributed by atoms with Crippen LogP contribution in [0.3, 0.4) is 0 Å². The van der Waals surface area contributed by atoms with Gasteiger partial charge in [-0.25, -0.2) is 0 Å². The molecule has 2 radical (unpaired) electrons. The molecule has 11 heavy (non-hydrogen) atoms. The largest absolute Gasteiger partial charge is 0.123 e. The molecule has 0 amide bonds. The van der Waals surface area contributed by atoms with Gasteiger partial charge in [-0.05, 0) is 12.1 Å². The lowest BCUT2D eigenvalue weighted by atomic mass is 9.97. The predicted molar refractivity (Wildman–Crippen MR) is 52.8 cm³/mol. The van der Waals surface area contributed by atoms with Crippen molar-refractivity contribution in [1.82, 2.24) is 0 Å². The Morgan fingerprint density at radius 2 is 1.73 bits per heavy atom. The van der Waals surface area contributed by atoms with Crippen molar-refractivity contribution < 1.29 is 0 Å². The van der Waals surface area contributed by atoms with Crippen molar-refractivity contribution in [1.29, 1.82) is 0 Å². The van der Waals surface area contributed by atoms with Gasteiger partial charge in [-0.1, -0.05) is 31.4 Å². The molecule has 0 bridgehead atoms. The smallest absolute Gasteiger partial charge is 0.113 e. The second-order valence-corrected chi connectivity index (χ2v) is 4.39. The summed E-state index contributed by atoms with van der Waals surface area (Å²) in [6.45, 7) is 4.36. The predicted octanol–water partition coefficient (Wildman–Crippen LogP) is 1.98. The fourth-order valence-electron chi connectivity index (χ4n) is 0.819. The lowest BCUT2D eigenvalue weighted by molar-refractivity contribution is 1.11. The zero-order valence-corrected chi connectivity index (χ0v) is 7.69. The maximum atomic E-state index is 5.55. The summed E-state index contributed by atoms with van der Waals surface area (Å²) in [5.74, 6) is 0. The second-order valence-electron chi connectivity index (χ2n) is 2.74. The van der Waals surface area contributed by atoms with E-state index in [0.717, 1.165) is 5.46 Å². The fraction of sp³-hybridized carbons (Fsp3) is 0.333. The normalized spacial score (nSPS) is 10.5. The van der Waals surface area contributed by atoms with Crippen molar-refractivity contribution in [2.24, 2.45) is 0 Å². The Morgan fingerprint density at radius 3 is 2.18 bits per heavy atom. The summed E-state index contributed by atoms with van der Waals surface area (Å²) in [6.07, 6.45) is 0. The summed E-state index contributed by atoms with van der Waals surface area (Å²) in [4.78, 5) is 1.29. The molecule has 1 aromatic rings. The van der Waals surface area contributed by atoms with Gasteiger partial charge in [0.15, 0.2) is 0 Å². The maximum absolute atomic E-state index is 5.55. The minimum absolute atomic E-state index is 0.638. The van der Waals surface area contributed by atoms with E-state index in [1.54, 1.807) is 0 Å². The molecule has 56 valence electrons. The van der Waals surface area contributed by atoms with Gasteiger partial charge in [0.25, 0.3) is 0 Å². The molecule has 0 aromatic heterocycles. The summed E-state index contributed by atoms with van der Waals surface area (Å²) in [6, 6.07) is 7.98. The van der Waals surface area contributed by atoms with Crippen LogP contribution in [0.2, 0.25) is 0 Å². The molecule has 0 heterocycles. The van der Waals surface area contributed by atoms with Gasteiger partial charge in [0, 0.05) is 10.1 Å². The summed E-state index contributed by atoms with van der Waals surface area (Å²) in [5, 5.41) is 0.638. The van der Waals surface area contributed by atoms with Crippen LogP contribution in [0, 0.1) is 0 Å². The van der Waals surface area contributed by atoms with E-state index in [9.17, 15) is 0 Å². The van der Waals surface area contributed by atoms with Crippen LogP contribution in [0.5, 0.6) is 0 Å². The third-order valence-corrected chi connectivity index (χ3v) is 2.27. The van der Waals surface area contributed by atoms with Crippen LogP contribution in [0.1, 0.15) is 13.8 Å². The van der Waals surface area contributed by atoms with Gasteiger partial charge < -0.3 is 0 Å². The molecule has 0 aliphatic rings. The summed E-state index contributed by atoms with van der Waals surface area (Å²) < 4.78 is 0. The molecule has 0 nitrogen and oxygen atoms in total. The van der Waals surface area contributed by atoms with Crippen molar-refractivity contribution in [3.05, 3.63) is 24.3 Å². The average Bonchev–Trinajstić information content (AvgIpc) is 1.93. The number of benzene rings is 1. The van der Waals surface area contributed by atoms with Crippen molar-refractivity contribution in [2.75, 3.05) is 0 Å². The fourth-order valence-corrected chi connectivity index (χ4v) is 1.66. The molecule has 0 spiro atoms. The first-order valence-corrected chi connectivity index (χ1v) is 4.58. The van der Waals surface area contributed by atoms with Gasteiger partial charge in [-0.2, -0.15) is 0 Å². The molecule has 0 N–H and O–H groups in total. The number of rotatable bonds is 2. The highest BCUT2D eigenvalue weighted by molar-refractivity contribution is 7.99. The molecule has 0 aliphatic heterocycles. The van der Waals surface area contributed by atoms with E-state index in [-0.39, 0.29) is 0 Å². The van der Waals surface area contributed by atoms with Crippen LogP contribution in [-0.4, -0.2) is 13.1 Å². The number of hydrogen-bond acceptors (Lipinski definition) is 1. The first kappa shape index (κ1) is 8.73. The van der Waals surface area contributed by atoms with Crippen LogP contribution in [0.4, 0.5) is 0 Å². The molecule has 0 saturated heterocycles. The molecule has 1 aromatic carbocycles. The second kappa shape index (κ2) is 3.86. The van der Waals surface area contributed by atoms with Crippen LogP contribution in [0.15, 0.2) is 29.2 Å². The summed E-state index contributed by atoms with van der Waals surface area (Å²) in [5.41, 5.74) is 0.832. The standard InChI is InChI=1S/C9H11BS/c1-7(2)11-9-5-3-8(10)4-6-9/h3-7H,1-2H3. The quantitative estimate of drug-likeness (QED) is 0.473. The lowest BCUT2D eigenvalue weighted by Crippen LogP contribution is -1.99. The highest BCUT2D eigenvalue weighted by atomic mass is 32.2. The molecular weight excluding hydrogens is 151 g/mol. The molecule has 1 rings (SSSR count). The van der Waals surface area contributed by atoms with E-state index >= 15 is 0 Å². The third kappa shape index (κ3) is 3.02. The van der Waals surface area contributed by atoms with Crippen LogP contribution >= 0.6 is 11.8 Å². The van der Waals surface area contributed by atoms with Crippen molar-refractivity contribution in [3.8, 4) is 0 Å². The van der Waals surface area contributed by atoms with Gasteiger partial charge in [0.05, 0.1) is 0 Å². The maximum Gasteiger partial charge on any atom is 0.113 e. The Bertz CT molecular complexity index is 216. The van der Waals surface area contributed by atoms with Gasteiger partial charge in [0.2, 0.25) is 0 Å². The molecule has 0 saturated carbocycles. The number of thioether (sulfide) groups is 1. The van der Waals surface area contributed by atoms with E-state index in [4.69, 9.17) is 7.85 Å². The number of hydrogen-bond donors (Lipinski definition) is 0. The van der Waals surface area contributed by atoms with Gasteiger partial charge in [-0.3, -0.25) is 0 Å². The van der Waals surface area contributed by atoms with Crippen molar-refractivity contribution >= 4 is 25.1 Å². The Balaban J connectivity index is 2.66. The van der Waals surface area contributed by atoms with E-state index in [1.165, 1.54) is 4.90 Å². The first-order chi connectivity index (χ1) is 5.18. The molecule has 0 unspecified atom stereocenters. The summed E-state index contributed by atoms with van der Waals surface area (Å²) in [7, 11) is 5.55. The lowest BCUT2D eigenvalue weighted by Gasteiger charge is -2.03. The Kier molecular flexibility index (Phi) is 3.07. The van der Waals surface area contributed by atoms with E-state index < -0.39 is 0 Å². The zero-order chi connectivity index (χ0) is 8.27. The zero-order valence-electron chi connectivity index (χ0n) is 6.87. The summed E-state index contributed by atoms with van der Waals surface area (Å²) >= 11 is 1.85. The molecule has 0 aliphatic carbocycles. The van der Waals surface area contributed by atoms with Crippen LogP contribution < -0.4 is 5.46 Å². The van der Waals surface area contributed by atoms with Crippen LogP contribution in [0.25, 0.3) is 0 Å². The third-order valence-electron chi connectivity index (χ3n) is 1.25. The van der Waals surface area contributed by atoms with Crippen molar-refractivity contribution in [2.45, 2.75) is 24.0 Å². The van der Waals surface area contributed by atoms with Gasteiger partial charge in [0.1, 0.15) is 7.85 Å². The minimum atomic E-state index is 0.638. The Morgan fingerprint density at radius 1 is 1.18 bits per heavy atom. The van der Waals surface area contributed by atoms with E-state index in [2.05, 4.69) is 26.0 Å². The Hall–Kier alpha value is -0.365. The molecule has 0 fully saturated rings. The average molecular weight is 162 g/mol. The highest BCUT2D eigenvalue weighted by Crippen LogP contribution is 2.20. The first-order valence-electron chi connectivity index (χ1n) is 3.70. The molecule has 0 atom stereocenters. The van der Waals surface area contributed by atoms with Gasteiger partial charge in [-0.15, -0.1) is 11.8 Å². The molecular formula is C9H11BS. The van der Waals surface area contributed by atoms with Gasteiger partial charge >= 0.3 is 0 Å². The van der Waals surface area contributed by atoms with E-state index in [0.29, 0.717) is 5.25 Å². The Labute approximate surface area is 73.8 Å². The minimum Gasteiger partial charge on any atom is -0.123 e. The SMILES string of the molecule is [B]c1ccc(SC(C)C)cc1.